The van der Waals surface area contributed by atoms with Crippen LogP contribution in [-0.4, -0.2) is 30.0 Å². The molecule has 0 saturated carbocycles. The second-order valence-corrected chi connectivity index (χ2v) is 7.94. The number of rotatable bonds is 7. The number of methoxy groups -OCH3 is 1. The predicted octanol–water partition coefficient (Wildman–Crippen LogP) is 5.41. The number of carbonyl (C=O) groups excluding carboxylic acids is 2. The molecule has 1 amide bonds. The Morgan fingerprint density at radius 2 is 1.83 bits per heavy atom. The van der Waals surface area contributed by atoms with Gasteiger partial charge in [0.25, 0.3) is 5.91 Å². The first-order chi connectivity index (χ1) is 14.4. The highest BCUT2D eigenvalue weighted by atomic mass is 35.5. The van der Waals surface area contributed by atoms with Crippen LogP contribution >= 0.6 is 23.2 Å². The van der Waals surface area contributed by atoms with Crippen LogP contribution in [0.25, 0.3) is 10.9 Å². The molecule has 0 saturated heterocycles. The minimum Gasteiger partial charge on any atom is -0.495 e. The van der Waals surface area contributed by atoms with Crippen LogP contribution in [0.15, 0.2) is 36.4 Å². The Balaban J connectivity index is 2.11. The summed E-state index contributed by atoms with van der Waals surface area (Å²) in [7, 11) is 1.53. The second kappa shape index (κ2) is 9.54. The molecule has 1 N–H and O–H groups in total. The molecule has 0 radical (unpaired) electrons. The van der Waals surface area contributed by atoms with E-state index in [9.17, 15) is 9.59 Å². The van der Waals surface area contributed by atoms with Crippen LogP contribution in [-0.2, 0) is 11.2 Å². The monoisotopic (exact) mass is 446 g/mol. The van der Waals surface area contributed by atoms with E-state index in [1.165, 1.54) is 7.11 Å². The third-order valence-corrected chi connectivity index (χ3v) is 5.64. The number of nitrogens with zero attached hydrogens (tertiary/aromatic N) is 1. The number of aromatic nitrogens is 1. The molecule has 30 heavy (non-hydrogen) atoms. The van der Waals surface area contributed by atoms with Crippen LogP contribution in [0, 0.1) is 6.92 Å². The highest BCUT2D eigenvalue weighted by Crippen LogP contribution is 2.35. The van der Waals surface area contributed by atoms with Crippen LogP contribution < -0.4 is 10.1 Å². The largest absolute Gasteiger partial charge is 0.495 e. The lowest BCUT2D eigenvalue weighted by atomic mass is 10.1. The number of halogens is 2. The lowest BCUT2D eigenvalue weighted by molar-refractivity contribution is -0.120. The summed E-state index contributed by atoms with van der Waals surface area (Å²) < 4.78 is 6.95. The smallest absolute Gasteiger partial charge is 0.262 e. The summed E-state index contributed by atoms with van der Waals surface area (Å²) in [6.07, 6.45) is 2.09. The fourth-order valence-electron chi connectivity index (χ4n) is 3.47. The van der Waals surface area contributed by atoms with Gasteiger partial charge in [0.2, 0.25) is 5.91 Å². The molecule has 0 bridgehead atoms. The maximum atomic E-state index is 13.3. The van der Waals surface area contributed by atoms with Gasteiger partial charge in [-0.2, -0.15) is 0 Å². The predicted molar refractivity (Wildman–Crippen MR) is 121 cm³/mol. The number of ether oxygens (including phenoxy) is 1. The Morgan fingerprint density at radius 3 is 2.47 bits per heavy atom. The zero-order valence-electron chi connectivity index (χ0n) is 17.2. The summed E-state index contributed by atoms with van der Waals surface area (Å²) in [5.74, 6) is 0.194. The molecule has 5 nitrogen and oxygen atoms in total. The zero-order chi connectivity index (χ0) is 21.8. The third kappa shape index (κ3) is 4.47. The van der Waals surface area contributed by atoms with Crippen LogP contribution in [0.5, 0.6) is 5.75 Å². The lowest BCUT2D eigenvalue weighted by Crippen LogP contribution is -2.26. The Bertz CT molecular complexity index is 1090. The first-order valence-electron chi connectivity index (χ1n) is 9.81. The van der Waals surface area contributed by atoms with Gasteiger partial charge in [0.05, 0.1) is 24.1 Å². The number of hydrogen-bond acceptors (Lipinski definition) is 3. The van der Waals surface area contributed by atoms with Crippen molar-refractivity contribution in [2.45, 2.75) is 33.1 Å². The molecule has 7 heteroatoms. The van der Waals surface area contributed by atoms with E-state index in [0.29, 0.717) is 39.1 Å². The molecule has 0 spiro atoms. The van der Waals surface area contributed by atoms with Crippen molar-refractivity contribution in [3.8, 4) is 5.75 Å². The van der Waals surface area contributed by atoms with Gasteiger partial charge in [0.1, 0.15) is 5.75 Å². The molecule has 0 unspecified atom stereocenters. The van der Waals surface area contributed by atoms with Crippen molar-refractivity contribution in [3.63, 3.8) is 0 Å². The highest BCUT2D eigenvalue weighted by Gasteiger charge is 2.23. The highest BCUT2D eigenvalue weighted by molar-refractivity contribution is 6.33. The van der Waals surface area contributed by atoms with Gasteiger partial charge >= 0.3 is 0 Å². The maximum absolute atomic E-state index is 13.3. The first-order valence-corrected chi connectivity index (χ1v) is 10.6. The Kier molecular flexibility index (Phi) is 7.06. The number of benzene rings is 2. The van der Waals surface area contributed by atoms with Gasteiger partial charge in [-0.1, -0.05) is 36.5 Å². The molecule has 1 heterocycles. The van der Waals surface area contributed by atoms with Gasteiger partial charge in [-0.15, -0.1) is 0 Å². The average molecular weight is 447 g/mol. The van der Waals surface area contributed by atoms with E-state index in [1.807, 2.05) is 6.92 Å². The zero-order valence-corrected chi connectivity index (χ0v) is 18.7. The van der Waals surface area contributed by atoms with E-state index >= 15 is 0 Å². The molecular formula is C23H24Cl2N2O3. The average Bonchev–Trinajstić information content (AvgIpc) is 2.98. The first kappa shape index (κ1) is 22.2. The molecule has 1 aromatic heterocycles. The molecule has 0 fully saturated rings. The Morgan fingerprint density at radius 1 is 1.13 bits per heavy atom. The molecule has 0 aliphatic rings. The minimum atomic E-state index is -0.215. The van der Waals surface area contributed by atoms with E-state index in [4.69, 9.17) is 27.9 Å². The van der Waals surface area contributed by atoms with Gasteiger partial charge in [0, 0.05) is 28.2 Å². The van der Waals surface area contributed by atoms with Crippen LogP contribution in [0.3, 0.4) is 0 Å². The number of unbranched alkanes of at least 4 members (excludes halogenated alkanes) is 1. The molecule has 0 aliphatic carbocycles. The normalized spacial score (nSPS) is 11.0. The molecular weight excluding hydrogens is 423 g/mol. The Hall–Kier alpha value is -2.50. The van der Waals surface area contributed by atoms with Crippen molar-refractivity contribution in [3.05, 3.63) is 63.3 Å². The third-order valence-electron chi connectivity index (χ3n) is 5.09. The molecule has 0 atom stereocenters. The summed E-state index contributed by atoms with van der Waals surface area (Å²) in [6, 6.07) is 10.2. The number of hydrogen-bond donors (Lipinski definition) is 1. The summed E-state index contributed by atoms with van der Waals surface area (Å²) in [5.41, 5.74) is 2.59. The topological polar surface area (TPSA) is 60.3 Å². The van der Waals surface area contributed by atoms with Crippen molar-refractivity contribution in [2.24, 2.45) is 0 Å². The Labute approximate surface area is 185 Å². The van der Waals surface area contributed by atoms with Crippen molar-refractivity contribution in [2.75, 3.05) is 13.7 Å². The standard InChI is InChI=1S/C23H24Cl2N2O3/c1-4-5-10-26-22(28)12-17-14(2)27(23(29)15-6-8-16(24)9-7-15)20-13-19(25)21(30-3)11-18(17)20/h6-9,11,13H,4-5,10,12H2,1-3H3,(H,26,28). The number of amides is 1. The number of fused-ring (bicyclic) bond motifs is 1. The number of carbonyl (C=O) groups is 2. The van der Waals surface area contributed by atoms with Gasteiger partial charge < -0.3 is 10.1 Å². The van der Waals surface area contributed by atoms with Crippen molar-refractivity contribution >= 4 is 45.9 Å². The van der Waals surface area contributed by atoms with Crippen molar-refractivity contribution in [1.29, 1.82) is 0 Å². The fourth-order valence-corrected chi connectivity index (χ4v) is 3.83. The van der Waals surface area contributed by atoms with Crippen molar-refractivity contribution in [1.82, 2.24) is 9.88 Å². The van der Waals surface area contributed by atoms with Gasteiger partial charge in [-0.05, 0) is 55.3 Å². The van der Waals surface area contributed by atoms with Crippen molar-refractivity contribution < 1.29 is 14.3 Å². The van der Waals surface area contributed by atoms with E-state index < -0.39 is 0 Å². The summed E-state index contributed by atoms with van der Waals surface area (Å²) in [6.45, 7) is 4.54. The van der Waals surface area contributed by atoms with E-state index in [1.54, 1.807) is 41.0 Å². The van der Waals surface area contributed by atoms with Crippen LogP contribution in [0.2, 0.25) is 10.0 Å². The van der Waals surface area contributed by atoms with Crippen LogP contribution in [0.1, 0.15) is 41.4 Å². The summed E-state index contributed by atoms with van der Waals surface area (Å²) in [5, 5.41) is 4.65. The van der Waals surface area contributed by atoms with Gasteiger partial charge in [-0.25, -0.2) is 0 Å². The van der Waals surface area contributed by atoms with Gasteiger partial charge in [-0.3, -0.25) is 14.2 Å². The molecule has 3 aromatic rings. The maximum Gasteiger partial charge on any atom is 0.262 e. The summed E-state index contributed by atoms with van der Waals surface area (Å²) >= 11 is 12.3. The van der Waals surface area contributed by atoms with E-state index in [2.05, 4.69) is 12.2 Å². The molecule has 2 aromatic carbocycles. The SMILES string of the molecule is CCCCNC(=O)Cc1c(C)n(C(=O)c2ccc(Cl)cc2)c2cc(Cl)c(OC)cc12. The quantitative estimate of drug-likeness (QED) is 0.493. The summed E-state index contributed by atoms with van der Waals surface area (Å²) in [4.78, 5) is 25.8. The lowest BCUT2D eigenvalue weighted by Gasteiger charge is -2.09. The molecule has 3 rings (SSSR count). The fraction of sp³-hybridized carbons (Fsp3) is 0.304. The van der Waals surface area contributed by atoms with E-state index in [0.717, 1.165) is 23.8 Å². The minimum absolute atomic E-state index is 0.0848. The van der Waals surface area contributed by atoms with Gasteiger partial charge in [0.15, 0.2) is 0 Å². The van der Waals surface area contributed by atoms with Crippen LogP contribution in [0.4, 0.5) is 0 Å². The second-order valence-electron chi connectivity index (χ2n) is 7.10. The number of nitrogens with one attached hydrogen (secondary N) is 1. The van der Waals surface area contributed by atoms with E-state index in [-0.39, 0.29) is 18.2 Å². The molecule has 158 valence electrons. The molecule has 0 aliphatic heterocycles.